The van der Waals surface area contributed by atoms with Crippen molar-refractivity contribution in [2.24, 2.45) is 0 Å². The number of hydrogen-bond donors (Lipinski definition) is 1. The minimum absolute atomic E-state index is 0.0751. The highest BCUT2D eigenvalue weighted by atomic mass is 32.1. The summed E-state index contributed by atoms with van der Waals surface area (Å²) in [6.07, 6.45) is 0.317. The molecule has 0 atom stereocenters. The molecule has 2 aromatic rings. The summed E-state index contributed by atoms with van der Waals surface area (Å²) in [5.41, 5.74) is 1.40. The molecule has 1 fully saturated rings. The van der Waals surface area contributed by atoms with Gasteiger partial charge in [0, 0.05) is 38.6 Å². The molecule has 0 bridgehead atoms. The van der Waals surface area contributed by atoms with Gasteiger partial charge in [0.25, 0.3) is 0 Å². The van der Waals surface area contributed by atoms with Crippen molar-refractivity contribution < 1.29 is 9.18 Å². The number of anilines is 2. The number of carbonyl (C=O) groups is 1. The number of para-hydroxylation sites is 1. The second kappa shape index (κ2) is 6.95. The van der Waals surface area contributed by atoms with Crippen LogP contribution in [-0.2, 0) is 11.2 Å². The van der Waals surface area contributed by atoms with Gasteiger partial charge in [-0.25, -0.2) is 9.37 Å². The summed E-state index contributed by atoms with van der Waals surface area (Å²) in [5.74, 6) is -0.138. The summed E-state index contributed by atoms with van der Waals surface area (Å²) >= 11 is 1.49. The average Bonchev–Trinajstić information content (AvgIpc) is 3.03. The zero-order chi connectivity index (χ0) is 16.2. The van der Waals surface area contributed by atoms with E-state index in [9.17, 15) is 9.18 Å². The molecule has 1 aromatic heterocycles. The van der Waals surface area contributed by atoms with Crippen molar-refractivity contribution in [3.05, 3.63) is 41.2 Å². The molecule has 0 aliphatic carbocycles. The monoisotopic (exact) mass is 334 g/mol. The molecule has 1 aliphatic heterocycles. The predicted octanol–water partition coefficient (Wildman–Crippen LogP) is 2.22. The van der Waals surface area contributed by atoms with Gasteiger partial charge in [-0.15, -0.1) is 11.3 Å². The lowest BCUT2D eigenvalue weighted by Crippen LogP contribution is -2.49. The molecule has 3 rings (SSSR count). The lowest BCUT2D eigenvalue weighted by molar-refractivity contribution is -0.130. The molecule has 1 amide bonds. The number of piperazine rings is 1. The summed E-state index contributed by atoms with van der Waals surface area (Å²) < 4.78 is 13.8. The van der Waals surface area contributed by atoms with Crippen LogP contribution in [0.5, 0.6) is 0 Å². The number of aromatic nitrogens is 1. The van der Waals surface area contributed by atoms with Crippen LogP contribution in [-0.4, -0.2) is 49.0 Å². The van der Waals surface area contributed by atoms with Gasteiger partial charge >= 0.3 is 0 Å². The van der Waals surface area contributed by atoms with Gasteiger partial charge in [-0.1, -0.05) is 12.1 Å². The van der Waals surface area contributed by atoms with Gasteiger partial charge in [-0.3, -0.25) is 4.79 Å². The standard InChI is InChI=1S/C16H19FN4OS/c1-18-16-19-12(11-23-16)10-15(22)21-8-6-20(7-9-21)14-5-3-2-4-13(14)17/h2-5,11H,6-10H2,1H3,(H,18,19). The van der Waals surface area contributed by atoms with E-state index in [1.54, 1.807) is 12.1 Å². The van der Waals surface area contributed by atoms with E-state index >= 15 is 0 Å². The maximum Gasteiger partial charge on any atom is 0.228 e. The van der Waals surface area contributed by atoms with Gasteiger partial charge in [0.2, 0.25) is 5.91 Å². The van der Waals surface area contributed by atoms with Crippen molar-refractivity contribution in [2.45, 2.75) is 6.42 Å². The van der Waals surface area contributed by atoms with Crippen LogP contribution in [0.1, 0.15) is 5.69 Å². The number of benzene rings is 1. The number of carbonyl (C=O) groups excluding carboxylic acids is 1. The molecular formula is C16H19FN4OS. The van der Waals surface area contributed by atoms with E-state index in [1.807, 2.05) is 28.3 Å². The highest BCUT2D eigenvalue weighted by Gasteiger charge is 2.23. The summed E-state index contributed by atoms with van der Waals surface area (Å²) in [4.78, 5) is 20.5. The van der Waals surface area contributed by atoms with E-state index in [2.05, 4.69) is 10.3 Å². The molecule has 122 valence electrons. The number of rotatable bonds is 4. The van der Waals surface area contributed by atoms with Crippen molar-refractivity contribution in [1.82, 2.24) is 9.88 Å². The van der Waals surface area contributed by atoms with Crippen LogP contribution in [0.15, 0.2) is 29.6 Å². The fourth-order valence-electron chi connectivity index (χ4n) is 2.67. The number of nitrogens with one attached hydrogen (secondary N) is 1. The Balaban J connectivity index is 1.56. The maximum absolute atomic E-state index is 13.8. The quantitative estimate of drug-likeness (QED) is 0.931. The van der Waals surface area contributed by atoms with Gasteiger partial charge in [0.05, 0.1) is 17.8 Å². The third-order valence-electron chi connectivity index (χ3n) is 3.92. The van der Waals surface area contributed by atoms with Crippen molar-refractivity contribution in [3.63, 3.8) is 0 Å². The van der Waals surface area contributed by atoms with Crippen molar-refractivity contribution in [2.75, 3.05) is 43.4 Å². The number of amides is 1. The summed E-state index contributed by atoms with van der Waals surface area (Å²) in [7, 11) is 1.81. The van der Waals surface area contributed by atoms with Crippen molar-refractivity contribution in [1.29, 1.82) is 0 Å². The van der Waals surface area contributed by atoms with E-state index in [-0.39, 0.29) is 11.7 Å². The van der Waals surface area contributed by atoms with Gasteiger partial charge in [0.1, 0.15) is 5.82 Å². The first kappa shape index (κ1) is 15.7. The Morgan fingerprint density at radius 3 is 2.70 bits per heavy atom. The molecule has 1 N–H and O–H groups in total. The molecule has 0 unspecified atom stereocenters. The Morgan fingerprint density at radius 1 is 1.30 bits per heavy atom. The minimum atomic E-state index is -0.214. The van der Waals surface area contributed by atoms with Crippen LogP contribution in [0, 0.1) is 5.82 Å². The molecule has 2 heterocycles. The normalized spacial score (nSPS) is 14.9. The van der Waals surface area contributed by atoms with Crippen molar-refractivity contribution >= 4 is 28.1 Å². The van der Waals surface area contributed by atoms with Crippen molar-refractivity contribution in [3.8, 4) is 0 Å². The molecule has 0 radical (unpaired) electrons. The largest absolute Gasteiger partial charge is 0.366 e. The van der Waals surface area contributed by atoms with Crippen LogP contribution < -0.4 is 10.2 Å². The van der Waals surface area contributed by atoms with Crippen LogP contribution >= 0.6 is 11.3 Å². The van der Waals surface area contributed by atoms with Gasteiger partial charge in [-0.05, 0) is 12.1 Å². The molecule has 0 spiro atoms. The second-order valence-electron chi connectivity index (χ2n) is 5.39. The Kier molecular flexibility index (Phi) is 4.76. The van der Waals surface area contributed by atoms with E-state index in [0.29, 0.717) is 38.3 Å². The molecule has 1 aliphatic rings. The Morgan fingerprint density at radius 2 is 2.04 bits per heavy atom. The lowest BCUT2D eigenvalue weighted by atomic mass is 10.2. The summed E-state index contributed by atoms with van der Waals surface area (Å²) in [5, 5.41) is 5.69. The zero-order valence-corrected chi connectivity index (χ0v) is 13.8. The number of hydrogen-bond acceptors (Lipinski definition) is 5. The third-order valence-corrected chi connectivity index (χ3v) is 4.83. The Labute approximate surface area is 138 Å². The van der Waals surface area contributed by atoms with E-state index in [0.717, 1.165) is 10.8 Å². The van der Waals surface area contributed by atoms with E-state index in [4.69, 9.17) is 0 Å². The van der Waals surface area contributed by atoms with Crippen LogP contribution in [0.4, 0.5) is 15.2 Å². The highest BCUT2D eigenvalue weighted by Crippen LogP contribution is 2.21. The van der Waals surface area contributed by atoms with E-state index in [1.165, 1.54) is 17.4 Å². The average molecular weight is 334 g/mol. The minimum Gasteiger partial charge on any atom is -0.366 e. The maximum atomic E-state index is 13.8. The number of thiazole rings is 1. The smallest absolute Gasteiger partial charge is 0.228 e. The zero-order valence-electron chi connectivity index (χ0n) is 13.0. The highest BCUT2D eigenvalue weighted by molar-refractivity contribution is 7.13. The number of nitrogens with zero attached hydrogens (tertiary/aromatic N) is 3. The van der Waals surface area contributed by atoms with Crippen LogP contribution in [0.25, 0.3) is 0 Å². The van der Waals surface area contributed by atoms with Gasteiger partial charge < -0.3 is 15.1 Å². The molecule has 1 saturated heterocycles. The first-order chi connectivity index (χ1) is 11.2. The fraction of sp³-hybridized carbons (Fsp3) is 0.375. The van der Waals surface area contributed by atoms with Gasteiger partial charge in [0.15, 0.2) is 5.13 Å². The molecule has 5 nitrogen and oxygen atoms in total. The SMILES string of the molecule is CNc1nc(CC(=O)N2CCN(c3ccccc3F)CC2)cs1. The Hall–Kier alpha value is -2.15. The molecule has 7 heteroatoms. The lowest BCUT2D eigenvalue weighted by Gasteiger charge is -2.36. The third kappa shape index (κ3) is 3.61. The molecule has 1 aromatic carbocycles. The summed E-state index contributed by atoms with van der Waals surface area (Å²) in [6, 6.07) is 6.76. The molecule has 23 heavy (non-hydrogen) atoms. The van der Waals surface area contributed by atoms with E-state index < -0.39 is 0 Å². The molecular weight excluding hydrogens is 315 g/mol. The first-order valence-corrected chi connectivity index (χ1v) is 8.45. The number of halogens is 1. The molecule has 0 saturated carbocycles. The van der Waals surface area contributed by atoms with Gasteiger partial charge in [-0.2, -0.15) is 0 Å². The summed E-state index contributed by atoms with van der Waals surface area (Å²) in [6.45, 7) is 2.50. The van der Waals surface area contributed by atoms with Crippen LogP contribution in [0.2, 0.25) is 0 Å². The fourth-order valence-corrected chi connectivity index (χ4v) is 3.35. The topological polar surface area (TPSA) is 48.5 Å². The first-order valence-electron chi connectivity index (χ1n) is 7.57. The van der Waals surface area contributed by atoms with Crippen LogP contribution in [0.3, 0.4) is 0 Å². The second-order valence-corrected chi connectivity index (χ2v) is 6.25. The predicted molar refractivity (Wildman–Crippen MR) is 90.6 cm³/mol. The Bertz CT molecular complexity index is 682.